The van der Waals surface area contributed by atoms with Gasteiger partial charge in [-0.3, -0.25) is 14.6 Å². The molecule has 0 radical (unpaired) electrons. The smallest absolute Gasteiger partial charge is 0.257 e. The monoisotopic (exact) mass is 249 g/mol. The van der Waals surface area contributed by atoms with Gasteiger partial charge in [0.15, 0.2) is 0 Å². The Labute approximate surface area is 105 Å². The fourth-order valence-corrected chi connectivity index (χ4v) is 1.86. The number of hydrogen-bond donors (Lipinski definition) is 1. The fourth-order valence-electron chi connectivity index (χ4n) is 1.86. The van der Waals surface area contributed by atoms with Gasteiger partial charge in [-0.1, -0.05) is 0 Å². The second-order valence-corrected chi connectivity index (χ2v) is 3.97. The van der Waals surface area contributed by atoms with Gasteiger partial charge in [-0.2, -0.15) is 0 Å². The first-order chi connectivity index (χ1) is 8.72. The van der Waals surface area contributed by atoms with Crippen LogP contribution in [0, 0.1) is 0 Å². The third-order valence-corrected chi connectivity index (χ3v) is 2.83. The van der Waals surface area contributed by atoms with Crippen LogP contribution in [-0.4, -0.2) is 48.4 Å². The minimum absolute atomic E-state index is 0.0213. The zero-order valence-electron chi connectivity index (χ0n) is 10.2. The Morgan fingerprint density at radius 3 is 3.11 bits per heavy atom. The summed E-state index contributed by atoms with van der Waals surface area (Å²) in [5.41, 5.74) is 0.474. The Bertz CT molecular complexity index is 462. The number of amides is 2. The van der Waals surface area contributed by atoms with Gasteiger partial charge >= 0.3 is 0 Å². The third-order valence-electron chi connectivity index (χ3n) is 2.83. The number of aromatic nitrogens is 1. The summed E-state index contributed by atoms with van der Waals surface area (Å²) in [6.45, 7) is 1.42. The van der Waals surface area contributed by atoms with Crippen LogP contribution in [0.3, 0.4) is 0 Å². The van der Waals surface area contributed by atoms with E-state index in [1.165, 1.54) is 13.3 Å². The molecule has 1 aromatic heterocycles. The molecule has 6 heteroatoms. The highest BCUT2D eigenvalue weighted by atomic mass is 16.5. The number of ether oxygens (including phenoxy) is 1. The second kappa shape index (κ2) is 5.48. The summed E-state index contributed by atoms with van der Waals surface area (Å²) in [5, 5.41) is 2.73. The molecule has 2 rings (SSSR count). The average molecular weight is 249 g/mol. The van der Waals surface area contributed by atoms with Gasteiger partial charge in [0.05, 0.1) is 18.9 Å². The molecule has 1 aliphatic heterocycles. The second-order valence-electron chi connectivity index (χ2n) is 3.97. The molecule has 0 unspecified atom stereocenters. The summed E-state index contributed by atoms with van der Waals surface area (Å²) < 4.78 is 5.12. The van der Waals surface area contributed by atoms with E-state index in [9.17, 15) is 9.59 Å². The molecule has 96 valence electrons. The molecule has 6 nitrogen and oxygen atoms in total. The standard InChI is InChI=1S/C12H15N3O3/c1-18-10-8-13-4-2-9(10)12(17)15-6-3-11(16)14-5-7-15/h2,4,8H,3,5-7H2,1H3,(H,14,16). The summed E-state index contributed by atoms with van der Waals surface area (Å²) in [6, 6.07) is 1.63. The van der Waals surface area contributed by atoms with Gasteiger partial charge in [-0.25, -0.2) is 0 Å². The van der Waals surface area contributed by atoms with Crippen molar-refractivity contribution in [1.82, 2.24) is 15.2 Å². The lowest BCUT2D eigenvalue weighted by molar-refractivity contribution is -0.120. The molecule has 0 spiro atoms. The lowest BCUT2D eigenvalue weighted by Gasteiger charge is -2.20. The quantitative estimate of drug-likeness (QED) is 0.804. The summed E-state index contributed by atoms with van der Waals surface area (Å²) in [5.74, 6) is 0.295. The van der Waals surface area contributed by atoms with E-state index in [0.29, 0.717) is 37.4 Å². The van der Waals surface area contributed by atoms with Crippen LogP contribution in [0.4, 0.5) is 0 Å². The van der Waals surface area contributed by atoms with E-state index in [4.69, 9.17) is 4.74 Å². The van der Waals surface area contributed by atoms with Crippen LogP contribution in [0.25, 0.3) is 0 Å². The van der Waals surface area contributed by atoms with Crippen molar-refractivity contribution in [2.24, 2.45) is 0 Å². The number of nitrogens with zero attached hydrogens (tertiary/aromatic N) is 2. The van der Waals surface area contributed by atoms with Crippen molar-refractivity contribution in [2.45, 2.75) is 6.42 Å². The van der Waals surface area contributed by atoms with Crippen LogP contribution in [-0.2, 0) is 4.79 Å². The van der Waals surface area contributed by atoms with Gasteiger partial charge in [-0.05, 0) is 6.07 Å². The van der Waals surface area contributed by atoms with Gasteiger partial charge in [0.1, 0.15) is 5.75 Å². The molecular weight excluding hydrogens is 234 g/mol. The Kier molecular flexibility index (Phi) is 3.76. The van der Waals surface area contributed by atoms with Crippen molar-refractivity contribution in [3.63, 3.8) is 0 Å². The van der Waals surface area contributed by atoms with E-state index in [-0.39, 0.29) is 11.8 Å². The maximum Gasteiger partial charge on any atom is 0.257 e. The molecule has 2 amide bonds. The SMILES string of the molecule is COc1cnccc1C(=O)N1CCNC(=O)CC1. The largest absolute Gasteiger partial charge is 0.494 e. The molecule has 0 saturated carbocycles. The van der Waals surface area contributed by atoms with Crippen molar-refractivity contribution < 1.29 is 14.3 Å². The number of pyridine rings is 1. The summed E-state index contributed by atoms with van der Waals surface area (Å²) >= 11 is 0. The molecule has 0 aliphatic carbocycles. The summed E-state index contributed by atoms with van der Waals surface area (Å²) in [4.78, 5) is 29.1. The minimum Gasteiger partial charge on any atom is -0.494 e. The number of hydrogen-bond acceptors (Lipinski definition) is 4. The summed E-state index contributed by atoms with van der Waals surface area (Å²) in [6.07, 6.45) is 3.39. The molecule has 0 atom stereocenters. The van der Waals surface area contributed by atoms with Crippen LogP contribution in [0.15, 0.2) is 18.5 Å². The van der Waals surface area contributed by atoms with Crippen LogP contribution in [0.2, 0.25) is 0 Å². The molecule has 18 heavy (non-hydrogen) atoms. The molecule has 1 fully saturated rings. The van der Waals surface area contributed by atoms with Gasteiger partial charge in [0, 0.05) is 32.3 Å². The molecule has 1 aliphatic rings. The summed E-state index contributed by atoms with van der Waals surface area (Å²) in [7, 11) is 1.50. The molecular formula is C12H15N3O3. The Morgan fingerprint density at radius 1 is 1.50 bits per heavy atom. The zero-order chi connectivity index (χ0) is 13.0. The van der Waals surface area contributed by atoms with Crippen LogP contribution in [0.1, 0.15) is 16.8 Å². The van der Waals surface area contributed by atoms with Crippen LogP contribution < -0.4 is 10.1 Å². The minimum atomic E-state index is -0.134. The topological polar surface area (TPSA) is 71.5 Å². The highest BCUT2D eigenvalue weighted by molar-refractivity contribution is 5.97. The van der Waals surface area contributed by atoms with E-state index in [1.54, 1.807) is 17.2 Å². The first-order valence-corrected chi connectivity index (χ1v) is 5.76. The van der Waals surface area contributed by atoms with Crippen molar-refractivity contribution in [1.29, 1.82) is 0 Å². The van der Waals surface area contributed by atoms with Crippen molar-refractivity contribution in [2.75, 3.05) is 26.7 Å². The van der Waals surface area contributed by atoms with E-state index in [0.717, 1.165) is 0 Å². The first kappa shape index (κ1) is 12.3. The van der Waals surface area contributed by atoms with Crippen LogP contribution in [0.5, 0.6) is 5.75 Å². The van der Waals surface area contributed by atoms with Gasteiger partial charge in [0.2, 0.25) is 5.91 Å². The van der Waals surface area contributed by atoms with E-state index < -0.39 is 0 Å². The molecule has 1 N–H and O–H groups in total. The molecule has 0 bridgehead atoms. The predicted molar refractivity (Wildman–Crippen MR) is 64.3 cm³/mol. The zero-order valence-corrected chi connectivity index (χ0v) is 10.2. The van der Waals surface area contributed by atoms with Crippen molar-refractivity contribution >= 4 is 11.8 Å². The van der Waals surface area contributed by atoms with E-state index >= 15 is 0 Å². The fraction of sp³-hybridized carbons (Fsp3) is 0.417. The van der Waals surface area contributed by atoms with E-state index in [1.807, 2.05) is 0 Å². The van der Waals surface area contributed by atoms with Crippen molar-refractivity contribution in [3.05, 3.63) is 24.0 Å². The predicted octanol–water partition coefficient (Wildman–Crippen LogP) is 0.0523. The number of nitrogens with one attached hydrogen (secondary N) is 1. The Balaban J connectivity index is 2.17. The normalized spacial score (nSPS) is 15.8. The maximum absolute atomic E-state index is 12.3. The number of methoxy groups -OCH3 is 1. The molecule has 0 aromatic carbocycles. The lowest BCUT2D eigenvalue weighted by atomic mass is 10.2. The first-order valence-electron chi connectivity index (χ1n) is 5.76. The number of carbonyl (C=O) groups is 2. The highest BCUT2D eigenvalue weighted by Gasteiger charge is 2.22. The third kappa shape index (κ3) is 2.58. The van der Waals surface area contributed by atoms with Gasteiger partial charge < -0.3 is 15.0 Å². The highest BCUT2D eigenvalue weighted by Crippen LogP contribution is 2.18. The number of rotatable bonds is 2. The van der Waals surface area contributed by atoms with E-state index in [2.05, 4.69) is 10.3 Å². The van der Waals surface area contributed by atoms with Gasteiger partial charge in [-0.15, -0.1) is 0 Å². The lowest BCUT2D eigenvalue weighted by Crippen LogP contribution is -2.34. The molecule has 1 saturated heterocycles. The number of carbonyl (C=O) groups excluding carboxylic acids is 2. The molecule has 2 heterocycles. The Morgan fingerprint density at radius 2 is 2.33 bits per heavy atom. The van der Waals surface area contributed by atoms with Crippen LogP contribution >= 0.6 is 0 Å². The molecule has 1 aromatic rings. The average Bonchev–Trinajstić information content (AvgIpc) is 2.62. The van der Waals surface area contributed by atoms with Crippen molar-refractivity contribution in [3.8, 4) is 5.75 Å². The Hall–Kier alpha value is -2.11. The van der Waals surface area contributed by atoms with Gasteiger partial charge in [0.25, 0.3) is 5.91 Å². The maximum atomic E-state index is 12.3.